The number of carbonyl (C=O) groups is 1. The van der Waals surface area contributed by atoms with E-state index >= 15 is 0 Å². The summed E-state index contributed by atoms with van der Waals surface area (Å²) in [6.07, 6.45) is 1.02. The second-order valence-corrected chi connectivity index (χ2v) is 6.99. The molecule has 1 aliphatic carbocycles. The SMILES string of the molecule is CCOc1ccc(S(=O)(=O)NCC2CC2C)cc1C(=O)O. The second kappa shape index (κ2) is 6.03. The molecule has 7 heteroatoms. The van der Waals surface area contributed by atoms with Crippen molar-refractivity contribution in [3.8, 4) is 5.75 Å². The Labute approximate surface area is 124 Å². The first-order valence-electron chi connectivity index (χ1n) is 6.85. The Morgan fingerprint density at radius 3 is 2.67 bits per heavy atom. The lowest BCUT2D eigenvalue weighted by Gasteiger charge is -2.10. The van der Waals surface area contributed by atoms with Crippen LogP contribution in [0.15, 0.2) is 23.1 Å². The van der Waals surface area contributed by atoms with Crippen molar-refractivity contribution in [3.63, 3.8) is 0 Å². The first-order chi connectivity index (χ1) is 9.85. The van der Waals surface area contributed by atoms with E-state index < -0.39 is 16.0 Å². The van der Waals surface area contributed by atoms with Crippen LogP contribution in [0.4, 0.5) is 0 Å². The number of hydrogen-bond donors (Lipinski definition) is 2. The van der Waals surface area contributed by atoms with E-state index in [9.17, 15) is 13.2 Å². The van der Waals surface area contributed by atoms with Crippen molar-refractivity contribution in [3.05, 3.63) is 23.8 Å². The van der Waals surface area contributed by atoms with E-state index in [4.69, 9.17) is 9.84 Å². The van der Waals surface area contributed by atoms with Crippen molar-refractivity contribution in [1.29, 1.82) is 0 Å². The molecular weight excluding hydrogens is 294 g/mol. The van der Waals surface area contributed by atoms with E-state index in [0.717, 1.165) is 12.5 Å². The third-order valence-corrected chi connectivity index (χ3v) is 5.02. The van der Waals surface area contributed by atoms with Crippen LogP contribution in [0, 0.1) is 11.8 Å². The molecule has 2 atom stereocenters. The molecule has 1 aromatic rings. The summed E-state index contributed by atoms with van der Waals surface area (Å²) in [5.41, 5.74) is -0.153. The van der Waals surface area contributed by atoms with Gasteiger partial charge in [-0.25, -0.2) is 17.9 Å². The monoisotopic (exact) mass is 313 g/mol. The van der Waals surface area contributed by atoms with Crippen LogP contribution in [0.25, 0.3) is 0 Å². The van der Waals surface area contributed by atoms with Gasteiger partial charge in [-0.2, -0.15) is 0 Å². The molecule has 0 spiro atoms. The fourth-order valence-corrected chi connectivity index (χ4v) is 3.23. The third kappa shape index (κ3) is 3.74. The fourth-order valence-electron chi connectivity index (χ4n) is 2.11. The molecule has 0 amide bonds. The van der Waals surface area contributed by atoms with Crippen LogP contribution < -0.4 is 9.46 Å². The lowest BCUT2D eigenvalue weighted by molar-refractivity contribution is 0.0692. The van der Waals surface area contributed by atoms with Crippen molar-refractivity contribution in [2.24, 2.45) is 11.8 Å². The standard InChI is InChI=1S/C14H19NO5S/c1-3-20-13-5-4-11(7-12(13)14(16)17)21(18,19)15-8-10-6-9(10)2/h4-5,7,9-10,15H,3,6,8H2,1-2H3,(H,16,17). The summed E-state index contributed by atoms with van der Waals surface area (Å²) >= 11 is 0. The minimum Gasteiger partial charge on any atom is -0.493 e. The van der Waals surface area contributed by atoms with E-state index in [-0.39, 0.29) is 16.2 Å². The maximum atomic E-state index is 12.2. The Kier molecular flexibility index (Phi) is 4.53. The molecule has 2 rings (SSSR count). The number of carboxylic acid groups (broad SMARTS) is 1. The number of sulfonamides is 1. The van der Waals surface area contributed by atoms with E-state index in [1.54, 1.807) is 6.92 Å². The highest BCUT2D eigenvalue weighted by atomic mass is 32.2. The zero-order chi connectivity index (χ0) is 15.6. The highest BCUT2D eigenvalue weighted by Gasteiger charge is 2.33. The molecule has 1 saturated carbocycles. The molecule has 1 aromatic carbocycles. The molecule has 6 nitrogen and oxygen atoms in total. The lowest BCUT2D eigenvalue weighted by Crippen LogP contribution is -2.26. The zero-order valence-electron chi connectivity index (χ0n) is 12.0. The van der Waals surface area contributed by atoms with Crippen LogP contribution in [0.1, 0.15) is 30.6 Å². The van der Waals surface area contributed by atoms with E-state index in [1.165, 1.54) is 12.1 Å². The van der Waals surface area contributed by atoms with Crippen LogP contribution in [-0.4, -0.2) is 32.6 Å². The van der Waals surface area contributed by atoms with Gasteiger partial charge < -0.3 is 9.84 Å². The van der Waals surface area contributed by atoms with Gasteiger partial charge in [-0.05, 0) is 43.4 Å². The number of rotatable bonds is 7. The Hall–Kier alpha value is -1.60. The summed E-state index contributed by atoms with van der Waals surface area (Å²) in [7, 11) is -3.70. The number of hydrogen-bond acceptors (Lipinski definition) is 4. The summed E-state index contributed by atoms with van der Waals surface area (Å²) in [4.78, 5) is 11.1. The maximum Gasteiger partial charge on any atom is 0.339 e. The smallest absolute Gasteiger partial charge is 0.339 e. The van der Waals surface area contributed by atoms with Crippen molar-refractivity contribution in [1.82, 2.24) is 4.72 Å². The second-order valence-electron chi connectivity index (χ2n) is 5.22. The quantitative estimate of drug-likeness (QED) is 0.799. The fraction of sp³-hybridized carbons (Fsp3) is 0.500. The average molecular weight is 313 g/mol. The number of aromatic carboxylic acids is 1. The summed E-state index contributed by atoms with van der Waals surface area (Å²) in [5.74, 6) is -0.130. The number of ether oxygens (including phenoxy) is 1. The van der Waals surface area contributed by atoms with Gasteiger partial charge in [0, 0.05) is 6.54 Å². The predicted molar refractivity (Wildman–Crippen MR) is 77.0 cm³/mol. The molecule has 2 N–H and O–H groups in total. The summed E-state index contributed by atoms with van der Waals surface area (Å²) in [6.45, 7) is 4.50. The molecule has 116 valence electrons. The normalized spacial score (nSPS) is 21.0. The topological polar surface area (TPSA) is 92.7 Å². The summed E-state index contributed by atoms with van der Waals surface area (Å²) in [6, 6.07) is 3.86. The Balaban J connectivity index is 2.22. The lowest BCUT2D eigenvalue weighted by atomic mass is 10.2. The minimum absolute atomic E-state index is 0.0587. The summed E-state index contributed by atoms with van der Waals surface area (Å²) < 4.78 is 32.1. The van der Waals surface area contributed by atoms with Crippen molar-refractivity contribution >= 4 is 16.0 Å². The van der Waals surface area contributed by atoms with Gasteiger partial charge in [0.2, 0.25) is 10.0 Å². The van der Waals surface area contributed by atoms with Crippen LogP contribution in [-0.2, 0) is 10.0 Å². The number of nitrogens with one attached hydrogen (secondary N) is 1. The first kappa shape index (κ1) is 15.8. The molecule has 1 fully saturated rings. The average Bonchev–Trinajstić information content (AvgIpc) is 3.13. The van der Waals surface area contributed by atoms with Crippen molar-refractivity contribution < 1.29 is 23.1 Å². The highest BCUT2D eigenvalue weighted by Crippen LogP contribution is 2.37. The van der Waals surface area contributed by atoms with E-state index in [1.807, 2.05) is 0 Å². The van der Waals surface area contributed by atoms with Crippen molar-refractivity contribution in [2.45, 2.75) is 25.2 Å². The molecule has 0 saturated heterocycles. The van der Waals surface area contributed by atoms with Gasteiger partial charge in [-0.3, -0.25) is 0 Å². The molecule has 0 radical (unpaired) electrons. The first-order valence-corrected chi connectivity index (χ1v) is 8.33. The highest BCUT2D eigenvalue weighted by molar-refractivity contribution is 7.89. The Morgan fingerprint density at radius 2 is 2.14 bits per heavy atom. The zero-order valence-corrected chi connectivity index (χ0v) is 12.8. The van der Waals surface area contributed by atoms with Gasteiger partial charge in [-0.1, -0.05) is 6.92 Å². The molecule has 1 aliphatic rings. The predicted octanol–water partition coefficient (Wildman–Crippen LogP) is 1.72. The third-order valence-electron chi connectivity index (χ3n) is 3.60. The molecular formula is C14H19NO5S. The Bertz CT molecular complexity index is 641. The van der Waals surface area contributed by atoms with Gasteiger partial charge in [-0.15, -0.1) is 0 Å². The van der Waals surface area contributed by atoms with Crippen LogP contribution >= 0.6 is 0 Å². The Morgan fingerprint density at radius 1 is 1.48 bits per heavy atom. The van der Waals surface area contributed by atoms with Crippen molar-refractivity contribution in [2.75, 3.05) is 13.2 Å². The molecule has 0 aliphatic heterocycles. The molecule has 0 heterocycles. The van der Waals surface area contributed by atoms with Gasteiger partial charge in [0.25, 0.3) is 0 Å². The molecule has 0 aromatic heterocycles. The molecule has 0 bridgehead atoms. The van der Waals surface area contributed by atoms with E-state index in [0.29, 0.717) is 25.0 Å². The van der Waals surface area contributed by atoms with Crippen LogP contribution in [0.5, 0.6) is 5.75 Å². The minimum atomic E-state index is -3.70. The van der Waals surface area contributed by atoms with Crippen LogP contribution in [0.2, 0.25) is 0 Å². The van der Waals surface area contributed by atoms with Crippen LogP contribution in [0.3, 0.4) is 0 Å². The molecule has 21 heavy (non-hydrogen) atoms. The van der Waals surface area contributed by atoms with Gasteiger partial charge in [0.15, 0.2) is 0 Å². The summed E-state index contributed by atoms with van der Waals surface area (Å²) in [5, 5.41) is 9.15. The van der Waals surface area contributed by atoms with E-state index in [2.05, 4.69) is 11.6 Å². The van der Waals surface area contributed by atoms with Gasteiger partial charge >= 0.3 is 5.97 Å². The largest absolute Gasteiger partial charge is 0.493 e. The van der Waals surface area contributed by atoms with Gasteiger partial charge in [0.1, 0.15) is 11.3 Å². The number of carboxylic acids is 1. The molecule has 2 unspecified atom stereocenters. The maximum absolute atomic E-state index is 12.2. The van der Waals surface area contributed by atoms with Gasteiger partial charge in [0.05, 0.1) is 11.5 Å². The number of benzene rings is 1.